The van der Waals surface area contributed by atoms with Gasteiger partial charge in [-0.1, -0.05) is 0 Å². The monoisotopic (exact) mass is 488 g/mol. The van der Waals surface area contributed by atoms with Crippen LogP contribution >= 0.6 is 0 Å². The summed E-state index contributed by atoms with van der Waals surface area (Å²) < 4.78 is 15.9. The molecule has 3 saturated heterocycles. The molecule has 0 bridgehead atoms. The Balaban J connectivity index is 2.11. The van der Waals surface area contributed by atoms with Gasteiger partial charge in [-0.2, -0.15) is 0 Å². The molecular weight excluding hydrogens is 456 g/mol. The van der Waals surface area contributed by atoms with Crippen molar-refractivity contribution in [1.29, 1.82) is 0 Å². The van der Waals surface area contributed by atoms with E-state index in [4.69, 9.17) is 14.2 Å². The van der Waals surface area contributed by atoms with Crippen molar-refractivity contribution in [2.45, 2.75) is 84.4 Å². The van der Waals surface area contributed by atoms with Crippen molar-refractivity contribution in [3.8, 4) is 0 Å². The highest BCUT2D eigenvalue weighted by Gasteiger charge is 2.72. The number of aliphatic hydroxyl groups is 12. The maximum absolute atomic E-state index is 11.7. The van der Waals surface area contributed by atoms with Crippen LogP contribution in [0.1, 0.15) is 0 Å². The van der Waals surface area contributed by atoms with Gasteiger partial charge in [-0.25, -0.2) is 0 Å². The lowest BCUT2D eigenvalue weighted by molar-refractivity contribution is -0.391. The minimum Gasteiger partial charge on any atom is -0.394 e. The summed E-state index contributed by atoms with van der Waals surface area (Å²) in [4.78, 5) is 0. The summed E-state index contributed by atoms with van der Waals surface area (Å²) in [6.45, 7) is -3.69. The summed E-state index contributed by atoms with van der Waals surface area (Å²) >= 11 is 0. The van der Waals surface area contributed by atoms with Crippen molar-refractivity contribution in [1.82, 2.24) is 0 Å². The number of rotatable bonds is 5. The van der Waals surface area contributed by atoms with Crippen molar-refractivity contribution in [3.63, 3.8) is 0 Å². The van der Waals surface area contributed by atoms with Crippen molar-refractivity contribution in [3.05, 3.63) is 0 Å². The van der Waals surface area contributed by atoms with Gasteiger partial charge in [-0.15, -0.1) is 0 Å². The first-order valence-corrected chi connectivity index (χ1v) is 10.4. The van der Waals surface area contributed by atoms with Crippen LogP contribution in [0.25, 0.3) is 0 Å². The molecule has 0 aromatic heterocycles. The van der Waals surface area contributed by atoms with E-state index in [1.54, 1.807) is 0 Å². The maximum atomic E-state index is 11.7. The molecule has 3 aliphatic rings. The van der Waals surface area contributed by atoms with Crippen molar-refractivity contribution >= 4 is 0 Å². The molecule has 0 unspecified atom stereocenters. The molecule has 3 fully saturated rings. The molecule has 0 amide bonds. The number of hydrogen-bond donors (Lipinski definition) is 12. The second-order valence-electron chi connectivity index (χ2n) is 8.73. The first-order chi connectivity index (χ1) is 15.4. The molecule has 0 aromatic carbocycles. The van der Waals surface area contributed by atoms with Crippen LogP contribution in [-0.4, -0.2) is 172 Å². The lowest BCUT2D eigenvalue weighted by atomic mass is 9.64. The maximum Gasteiger partial charge on any atom is 0.155 e. The Hall–Kier alpha value is -0.600. The first kappa shape index (κ1) is 27.0. The quantitative estimate of drug-likeness (QED) is 0.171. The standard InChI is InChI=1S/C18H32O15/c19-1-5-8(22)10(24)12(26)15(32-5)17(29)4-31-7(3-21)14(28)18(17,30)16-13(27)11(25)9(23)6(2-20)33-16/h5-16,19-30H,1-4H2/t5-,6+,7+,8-,9+,10+,11-,12-,13+,14+,15-,16+,17+,18+/m0/s1. The molecule has 0 aliphatic carbocycles. The zero-order chi connectivity index (χ0) is 24.9. The third kappa shape index (κ3) is 4.00. The minimum atomic E-state index is -3.14. The molecule has 33 heavy (non-hydrogen) atoms. The fourth-order valence-corrected chi connectivity index (χ4v) is 4.82. The second-order valence-corrected chi connectivity index (χ2v) is 8.73. The van der Waals surface area contributed by atoms with E-state index in [1.807, 2.05) is 0 Å². The fourth-order valence-electron chi connectivity index (χ4n) is 4.82. The van der Waals surface area contributed by atoms with Gasteiger partial charge in [0, 0.05) is 0 Å². The van der Waals surface area contributed by atoms with E-state index < -0.39 is 111 Å². The smallest absolute Gasteiger partial charge is 0.155 e. The van der Waals surface area contributed by atoms with Crippen LogP contribution in [0.2, 0.25) is 0 Å². The van der Waals surface area contributed by atoms with Crippen LogP contribution in [0, 0.1) is 0 Å². The molecule has 0 saturated carbocycles. The van der Waals surface area contributed by atoms with E-state index >= 15 is 0 Å². The molecule has 0 radical (unpaired) electrons. The Bertz CT molecular complexity index is 665. The van der Waals surface area contributed by atoms with Crippen LogP contribution in [-0.2, 0) is 14.2 Å². The lowest BCUT2D eigenvalue weighted by Crippen LogP contribution is -2.85. The Morgan fingerprint density at radius 2 is 1.00 bits per heavy atom. The van der Waals surface area contributed by atoms with Gasteiger partial charge >= 0.3 is 0 Å². The van der Waals surface area contributed by atoms with Gasteiger partial charge < -0.3 is 75.5 Å². The molecule has 0 aromatic rings. The number of ether oxygens (including phenoxy) is 3. The summed E-state index contributed by atoms with van der Waals surface area (Å²) in [6.07, 6.45) is -23.3. The van der Waals surface area contributed by atoms with Gasteiger partial charge in [0.15, 0.2) is 11.2 Å². The van der Waals surface area contributed by atoms with Gasteiger partial charge in [0.05, 0.1) is 26.4 Å². The molecule has 14 atom stereocenters. The molecular formula is C18H32O15. The third-order valence-corrected chi connectivity index (χ3v) is 6.88. The van der Waals surface area contributed by atoms with Crippen molar-refractivity contribution in [2.75, 3.05) is 26.4 Å². The highest BCUT2D eigenvalue weighted by atomic mass is 16.6. The summed E-state index contributed by atoms with van der Waals surface area (Å²) in [5.41, 5.74) is -6.11. The summed E-state index contributed by atoms with van der Waals surface area (Å²) in [7, 11) is 0. The lowest BCUT2D eigenvalue weighted by Gasteiger charge is -2.60. The largest absolute Gasteiger partial charge is 0.394 e. The SMILES string of the molecule is OC[C@@H]1O[C@H]([C@]2(O)CO[C@H](CO)[C@@H](O)[C@@]2(O)[C@@H]2O[C@H](CO)[C@@H](O)[C@H](O)[C@H]2O)[C@@H](O)[C@H](O)[C@H]1O. The molecule has 194 valence electrons. The van der Waals surface area contributed by atoms with Gasteiger partial charge in [-0.05, 0) is 0 Å². The average molecular weight is 488 g/mol. The topological polar surface area (TPSA) is 270 Å². The van der Waals surface area contributed by atoms with Crippen molar-refractivity contribution < 1.29 is 75.5 Å². The van der Waals surface area contributed by atoms with E-state index in [2.05, 4.69) is 0 Å². The highest BCUT2D eigenvalue weighted by Crippen LogP contribution is 2.46. The molecule has 15 nitrogen and oxygen atoms in total. The van der Waals surface area contributed by atoms with Crippen LogP contribution in [0.15, 0.2) is 0 Å². The Morgan fingerprint density at radius 1 is 0.576 bits per heavy atom. The highest BCUT2D eigenvalue weighted by molar-refractivity contribution is 5.21. The van der Waals surface area contributed by atoms with Crippen LogP contribution in [0.5, 0.6) is 0 Å². The Labute approximate surface area is 187 Å². The normalized spacial score (nSPS) is 56.0. The fraction of sp³-hybridized carbons (Fsp3) is 1.00. The van der Waals surface area contributed by atoms with Crippen LogP contribution < -0.4 is 0 Å². The Kier molecular flexibility index (Phi) is 8.02. The van der Waals surface area contributed by atoms with E-state index in [0.717, 1.165) is 0 Å². The minimum absolute atomic E-state index is 0.890. The number of hydrogen-bond acceptors (Lipinski definition) is 15. The zero-order valence-corrected chi connectivity index (χ0v) is 17.3. The second kappa shape index (κ2) is 9.81. The average Bonchev–Trinajstić information content (AvgIpc) is 2.80. The zero-order valence-electron chi connectivity index (χ0n) is 17.3. The molecule has 12 N–H and O–H groups in total. The van der Waals surface area contributed by atoms with E-state index in [1.165, 1.54) is 0 Å². The van der Waals surface area contributed by atoms with Gasteiger partial charge in [0.25, 0.3) is 0 Å². The van der Waals surface area contributed by atoms with Crippen molar-refractivity contribution in [2.24, 2.45) is 0 Å². The summed E-state index contributed by atoms with van der Waals surface area (Å²) in [5.74, 6) is 0. The van der Waals surface area contributed by atoms with Gasteiger partial charge in [0.1, 0.15) is 73.2 Å². The van der Waals surface area contributed by atoms with E-state index in [0.29, 0.717) is 0 Å². The van der Waals surface area contributed by atoms with E-state index in [-0.39, 0.29) is 0 Å². The third-order valence-electron chi connectivity index (χ3n) is 6.88. The summed E-state index contributed by atoms with van der Waals surface area (Å²) in [5, 5.41) is 124. The molecule has 3 aliphatic heterocycles. The first-order valence-electron chi connectivity index (χ1n) is 10.4. The molecule has 3 heterocycles. The Morgan fingerprint density at radius 3 is 1.45 bits per heavy atom. The summed E-state index contributed by atoms with van der Waals surface area (Å²) in [6, 6.07) is 0. The molecule has 15 heteroatoms. The molecule has 0 spiro atoms. The molecule has 3 rings (SSSR count). The van der Waals surface area contributed by atoms with E-state index in [9.17, 15) is 61.3 Å². The number of aliphatic hydroxyl groups excluding tert-OH is 10. The van der Waals surface area contributed by atoms with Gasteiger partial charge in [0.2, 0.25) is 0 Å². The predicted octanol–water partition coefficient (Wildman–Crippen LogP) is -8.11. The van der Waals surface area contributed by atoms with Crippen LogP contribution in [0.4, 0.5) is 0 Å². The van der Waals surface area contributed by atoms with Gasteiger partial charge in [-0.3, -0.25) is 0 Å². The predicted molar refractivity (Wildman–Crippen MR) is 100 cm³/mol. The van der Waals surface area contributed by atoms with Crippen LogP contribution in [0.3, 0.4) is 0 Å².